The van der Waals surface area contributed by atoms with Gasteiger partial charge < -0.3 is 20.1 Å². The molecule has 0 saturated carbocycles. The van der Waals surface area contributed by atoms with Crippen molar-refractivity contribution in [2.75, 3.05) is 27.2 Å². The second-order valence-corrected chi connectivity index (χ2v) is 6.51. The number of nitrogens with zero attached hydrogens (tertiary/aromatic N) is 5. The van der Waals surface area contributed by atoms with Crippen molar-refractivity contribution in [1.82, 2.24) is 30.3 Å². The summed E-state index contributed by atoms with van der Waals surface area (Å²) in [6.07, 6.45) is 2.57. The first-order valence-corrected chi connectivity index (χ1v) is 9.14. The lowest BCUT2D eigenvalue weighted by Crippen LogP contribution is -2.43. The highest BCUT2D eigenvalue weighted by Gasteiger charge is 2.07. The Morgan fingerprint density at radius 3 is 2.63 bits per heavy atom. The van der Waals surface area contributed by atoms with E-state index in [-0.39, 0.29) is 12.5 Å². The molecule has 146 valence electrons. The number of nitrogens with one attached hydrogen (secondary N) is 2. The van der Waals surface area contributed by atoms with E-state index in [1.165, 1.54) is 5.56 Å². The first-order valence-electron chi connectivity index (χ1n) is 9.14. The second-order valence-electron chi connectivity index (χ2n) is 6.51. The van der Waals surface area contributed by atoms with Crippen molar-refractivity contribution in [3.63, 3.8) is 0 Å². The number of amides is 1. The van der Waals surface area contributed by atoms with Crippen LogP contribution in [0.25, 0.3) is 0 Å². The Morgan fingerprint density at radius 2 is 1.96 bits per heavy atom. The molecular formula is C19H29N7O. The topological polar surface area (TPSA) is 87.4 Å². The molecule has 1 amide bonds. The molecule has 0 fully saturated rings. The number of hydrogen-bond donors (Lipinski definition) is 2. The molecule has 8 nitrogen and oxygen atoms in total. The predicted octanol–water partition coefficient (Wildman–Crippen LogP) is 0.973. The van der Waals surface area contributed by atoms with Gasteiger partial charge in [-0.2, -0.15) is 0 Å². The summed E-state index contributed by atoms with van der Waals surface area (Å²) in [5.41, 5.74) is 2.34. The van der Waals surface area contributed by atoms with Crippen LogP contribution in [0.15, 0.2) is 35.6 Å². The van der Waals surface area contributed by atoms with Gasteiger partial charge in [-0.15, -0.1) is 10.2 Å². The third-order valence-electron chi connectivity index (χ3n) is 4.10. The van der Waals surface area contributed by atoms with Crippen LogP contribution >= 0.6 is 0 Å². The number of rotatable bonds is 8. The minimum Gasteiger partial charge on any atom is -0.355 e. The maximum Gasteiger partial charge on any atom is 0.241 e. The fourth-order valence-corrected chi connectivity index (χ4v) is 2.39. The minimum atomic E-state index is -0.00749. The Kier molecular flexibility index (Phi) is 7.79. The van der Waals surface area contributed by atoms with E-state index >= 15 is 0 Å². The van der Waals surface area contributed by atoms with Crippen LogP contribution in [0.1, 0.15) is 23.9 Å². The third-order valence-corrected chi connectivity index (χ3v) is 4.10. The average molecular weight is 371 g/mol. The van der Waals surface area contributed by atoms with Gasteiger partial charge in [0, 0.05) is 33.6 Å². The van der Waals surface area contributed by atoms with Gasteiger partial charge in [0.2, 0.25) is 5.91 Å². The predicted molar refractivity (Wildman–Crippen MR) is 106 cm³/mol. The van der Waals surface area contributed by atoms with E-state index in [2.05, 4.69) is 63.9 Å². The van der Waals surface area contributed by atoms with Crippen molar-refractivity contribution in [1.29, 1.82) is 0 Å². The number of carbonyl (C=O) groups excluding carboxylic acids is 1. The standard InChI is InChI=1S/C19H29N7O/c1-5-17-24-23-14-26(17)11-10-20-19(22-13-18(27)25(3)4)21-12-16-8-6-15(2)7-9-16/h6-9,14H,5,10-13H2,1-4H3,(H2,20,21,22). The SMILES string of the molecule is CCc1nncn1CCNC(=NCc1ccc(C)cc1)NCC(=O)N(C)C. The second kappa shape index (κ2) is 10.3. The largest absolute Gasteiger partial charge is 0.355 e. The number of carbonyl (C=O) groups is 1. The molecule has 2 aromatic rings. The minimum absolute atomic E-state index is 0.00749. The lowest BCUT2D eigenvalue weighted by atomic mass is 10.1. The third kappa shape index (κ3) is 6.73. The van der Waals surface area contributed by atoms with Gasteiger partial charge in [-0.1, -0.05) is 36.8 Å². The van der Waals surface area contributed by atoms with Crippen molar-refractivity contribution in [3.8, 4) is 0 Å². The Labute approximate surface area is 160 Å². The molecule has 8 heteroatoms. The zero-order valence-electron chi connectivity index (χ0n) is 16.6. The molecule has 27 heavy (non-hydrogen) atoms. The average Bonchev–Trinajstić information content (AvgIpc) is 3.11. The fraction of sp³-hybridized carbons (Fsp3) is 0.474. The molecule has 0 atom stereocenters. The summed E-state index contributed by atoms with van der Waals surface area (Å²) in [6, 6.07) is 8.26. The highest BCUT2D eigenvalue weighted by Crippen LogP contribution is 2.04. The maximum atomic E-state index is 11.9. The summed E-state index contributed by atoms with van der Waals surface area (Å²) < 4.78 is 2.01. The number of guanidine groups is 1. The molecule has 0 unspecified atom stereocenters. The molecule has 0 spiro atoms. The molecule has 1 aromatic heterocycles. The van der Waals surface area contributed by atoms with Gasteiger partial charge in [-0.05, 0) is 12.5 Å². The lowest BCUT2D eigenvalue weighted by molar-refractivity contribution is -0.127. The molecule has 0 aliphatic heterocycles. The summed E-state index contributed by atoms with van der Waals surface area (Å²) in [5, 5.41) is 14.4. The molecule has 2 rings (SSSR count). The Balaban J connectivity index is 1.96. The van der Waals surface area contributed by atoms with E-state index in [4.69, 9.17) is 0 Å². The number of aryl methyl sites for hydroxylation is 2. The van der Waals surface area contributed by atoms with Gasteiger partial charge in [-0.3, -0.25) is 4.79 Å². The highest BCUT2D eigenvalue weighted by atomic mass is 16.2. The molecule has 0 bridgehead atoms. The number of hydrogen-bond acceptors (Lipinski definition) is 4. The van der Waals surface area contributed by atoms with Crippen LogP contribution in [-0.2, 0) is 24.3 Å². The van der Waals surface area contributed by atoms with Crippen molar-refractivity contribution in [2.24, 2.45) is 4.99 Å². The first-order chi connectivity index (χ1) is 13.0. The van der Waals surface area contributed by atoms with Gasteiger partial charge in [0.25, 0.3) is 0 Å². The van der Waals surface area contributed by atoms with Crippen LogP contribution in [0.2, 0.25) is 0 Å². The van der Waals surface area contributed by atoms with E-state index in [0.29, 0.717) is 19.0 Å². The van der Waals surface area contributed by atoms with E-state index < -0.39 is 0 Å². The lowest BCUT2D eigenvalue weighted by Gasteiger charge is -2.15. The molecule has 0 aliphatic rings. The summed E-state index contributed by atoms with van der Waals surface area (Å²) >= 11 is 0. The van der Waals surface area contributed by atoms with Crippen molar-refractivity contribution in [3.05, 3.63) is 47.5 Å². The van der Waals surface area contributed by atoms with Crippen molar-refractivity contribution in [2.45, 2.75) is 33.4 Å². The smallest absolute Gasteiger partial charge is 0.241 e. The van der Waals surface area contributed by atoms with Gasteiger partial charge in [-0.25, -0.2) is 4.99 Å². The van der Waals surface area contributed by atoms with Crippen molar-refractivity contribution < 1.29 is 4.79 Å². The first kappa shape index (κ1) is 20.4. The Hall–Kier alpha value is -2.90. The quantitative estimate of drug-likeness (QED) is 0.533. The van der Waals surface area contributed by atoms with Crippen LogP contribution in [0.3, 0.4) is 0 Å². The summed E-state index contributed by atoms with van der Waals surface area (Å²) in [4.78, 5) is 18.0. The Bertz CT molecular complexity index is 750. The van der Waals surface area contributed by atoms with Crippen LogP contribution in [0.5, 0.6) is 0 Å². The summed E-state index contributed by atoms with van der Waals surface area (Å²) in [5.74, 6) is 1.55. The maximum absolute atomic E-state index is 11.9. The zero-order chi connectivity index (χ0) is 19.6. The zero-order valence-corrected chi connectivity index (χ0v) is 16.6. The van der Waals surface area contributed by atoms with Gasteiger partial charge in [0.05, 0.1) is 13.1 Å². The normalized spacial score (nSPS) is 11.3. The highest BCUT2D eigenvalue weighted by molar-refractivity contribution is 5.86. The number of aliphatic imine (C=N–C) groups is 1. The molecular weight excluding hydrogens is 342 g/mol. The van der Waals surface area contributed by atoms with Gasteiger partial charge in [0.1, 0.15) is 12.2 Å². The monoisotopic (exact) mass is 371 g/mol. The van der Waals surface area contributed by atoms with Gasteiger partial charge in [0.15, 0.2) is 5.96 Å². The van der Waals surface area contributed by atoms with Crippen LogP contribution in [0, 0.1) is 6.92 Å². The molecule has 0 aliphatic carbocycles. The fourth-order valence-electron chi connectivity index (χ4n) is 2.39. The molecule has 1 aromatic carbocycles. The van der Waals surface area contributed by atoms with Gasteiger partial charge >= 0.3 is 0 Å². The van der Waals surface area contributed by atoms with E-state index in [0.717, 1.165) is 24.4 Å². The molecule has 1 heterocycles. The molecule has 2 N–H and O–H groups in total. The Morgan fingerprint density at radius 1 is 1.22 bits per heavy atom. The number of likely N-dealkylation sites (N-methyl/N-ethyl adjacent to an activating group) is 1. The van der Waals surface area contributed by atoms with Crippen LogP contribution in [0.4, 0.5) is 0 Å². The number of aromatic nitrogens is 3. The van der Waals surface area contributed by atoms with Crippen LogP contribution in [-0.4, -0.2) is 58.7 Å². The van der Waals surface area contributed by atoms with E-state index in [9.17, 15) is 4.79 Å². The van der Waals surface area contributed by atoms with E-state index in [1.54, 1.807) is 25.3 Å². The summed E-state index contributed by atoms with van der Waals surface area (Å²) in [7, 11) is 3.47. The van der Waals surface area contributed by atoms with Crippen molar-refractivity contribution >= 4 is 11.9 Å². The van der Waals surface area contributed by atoms with Crippen LogP contribution < -0.4 is 10.6 Å². The van der Waals surface area contributed by atoms with E-state index in [1.807, 2.05) is 4.57 Å². The summed E-state index contributed by atoms with van der Waals surface area (Å²) in [6.45, 7) is 6.23. The number of benzene rings is 1. The molecule has 0 saturated heterocycles. The molecule has 0 radical (unpaired) electrons.